The van der Waals surface area contributed by atoms with Gasteiger partial charge >= 0.3 is 5.69 Å². The van der Waals surface area contributed by atoms with Crippen LogP contribution in [0.4, 0.5) is 0 Å². The number of aryl methyl sites for hydroxylation is 1. The molecule has 2 aromatic heterocycles. The molecule has 6 nitrogen and oxygen atoms in total. The molecule has 0 amide bonds. The fourth-order valence-corrected chi connectivity index (χ4v) is 1.06. The standard InChI is InChI=1S/C7H7N5O/c1-5-6(2-8-7(13)11-5)12-3-9-10-4-12/h2-4H,1H3,(H,8,11,13). The Kier molecular flexibility index (Phi) is 1.66. The molecule has 13 heavy (non-hydrogen) atoms. The summed E-state index contributed by atoms with van der Waals surface area (Å²) in [5.74, 6) is 0. The Bertz CT molecular complexity index is 458. The van der Waals surface area contributed by atoms with E-state index in [1.54, 1.807) is 24.1 Å². The zero-order valence-electron chi connectivity index (χ0n) is 6.93. The van der Waals surface area contributed by atoms with Gasteiger partial charge in [-0.25, -0.2) is 4.79 Å². The highest BCUT2D eigenvalue weighted by molar-refractivity contribution is 5.31. The number of rotatable bonds is 1. The minimum Gasteiger partial charge on any atom is -0.308 e. The summed E-state index contributed by atoms with van der Waals surface area (Å²) in [6.07, 6.45) is 4.57. The zero-order valence-corrected chi connectivity index (χ0v) is 6.93. The van der Waals surface area contributed by atoms with E-state index in [0.717, 1.165) is 11.4 Å². The first-order chi connectivity index (χ1) is 6.27. The summed E-state index contributed by atoms with van der Waals surface area (Å²) in [5, 5.41) is 7.31. The Balaban J connectivity index is 2.60. The summed E-state index contributed by atoms with van der Waals surface area (Å²) < 4.78 is 1.68. The summed E-state index contributed by atoms with van der Waals surface area (Å²) in [6, 6.07) is 0. The second kappa shape index (κ2) is 2.81. The molecule has 2 rings (SSSR count). The summed E-state index contributed by atoms with van der Waals surface area (Å²) in [7, 11) is 0. The molecule has 0 aliphatic carbocycles. The van der Waals surface area contributed by atoms with E-state index in [1.165, 1.54) is 6.20 Å². The number of H-pyrrole nitrogens is 1. The van der Waals surface area contributed by atoms with Gasteiger partial charge in [0.2, 0.25) is 0 Å². The van der Waals surface area contributed by atoms with Crippen molar-refractivity contribution in [1.29, 1.82) is 0 Å². The quantitative estimate of drug-likeness (QED) is 0.646. The number of hydrogen-bond acceptors (Lipinski definition) is 4. The molecule has 0 aliphatic rings. The lowest BCUT2D eigenvalue weighted by molar-refractivity contribution is 0.942. The average Bonchev–Trinajstić information content (AvgIpc) is 2.56. The first kappa shape index (κ1) is 7.66. The zero-order chi connectivity index (χ0) is 9.26. The molecule has 0 atom stereocenters. The van der Waals surface area contributed by atoms with Crippen molar-refractivity contribution in [2.24, 2.45) is 0 Å². The number of aromatic nitrogens is 5. The molecular weight excluding hydrogens is 170 g/mol. The SMILES string of the molecule is Cc1[nH]c(=O)ncc1-n1cnnc1. The maximum atomic E-state index is 10.8. The average molecular weight is 177 g/mol. The van der Waals surface area contributed by atoms with Gasteiger partial charge < -0.3 is 4.98 Å². The molecule has 2 aromatic rings. The number of nitrogens with zero attached hydrogens (tertiary/aromatic N) is 4. The van der Waals surface area contributed by atoms with Gasteiger partial charge in [-0.3, -0.25) is 4.57 Å². The Morgan fingerprint density at radius 3 is 2.69 bits per heavy atom. The van der Waals surface area contributed by atoms with Gasteiger partial charge in [0.25, 0.3) is 0 Å². The Morgan fingerprint density at radius 2 is 2.08 bits per heavy atom. The molecule has 6 heteroatoms. The third-order valence-corrected chi connectivity index (χ3v) is 1.68. The van der Waals surface area contributed by atoms with Gasteiger partial charge in [0.1, 0.15) is 12.7 Å². The van der Waals surface area contributed by atoms with Crippen LogP contribution in [0, 0.1) is 6.92 Å². The normalized spacial score (nSPS) is 10.2. The van der Waals surface area contributed by atoms with Crippen LogP contribution in [-0.4, -0.2) is 24.7 Å². The van der Waals surface area contributed by atoms with Crippen molar-refractivity contribution >= 4 is 0 Å². The van der Waals surface area contributed by atoms with Crippen LogP contribution in [-0.2, 0) is 0 Å². The highest BCUT2D eigenvalue weighted by Gasteiger charge is 2.01. The molecule has 2 heterocycles. The van der Waals surface area contributed by atoms with Gasteiger partial charge in [-0.05, 0) is 6.92 Å². The van der Waals surface area contributed by atoms with Gasteiger partial charge in [-0.2, -0.15) is 4.98 Å². The van der Waals surface area contributed by atoms with Gasteiger partial charge in [0, 0.05) is 5.69 Å². The minimum atomic E-state index is -0.352. The van der Waals surface area contributed by atoms with Crippen molar-refractivity contribution in [3.05, 3.63) is 35.0 Å². The van der Waals surface area contributed by atoms with Crippen molar-refractivity contribution in [3.8, 4) is 5.69 Å². The summed E-state index contributed by atoms with van der Waals surface area (Å²) in [6.45, 7) is 1.79. The Morgan fingerprint density at radius 1 is 1.38 bits per heavy atom. The van der Waals surface area contributed by atoms with E-state index in [9.17, 15) is 4.79 Å². The molecule has 0 radical (unpaired) electrons. The third kappa shape index (κ3) is 1.33. The van der Waals surface area contributed by atoms with Crippen LogP contribution in [0.1, 0.15) is 5.69 Å². The molecule has 66 valence electrons. The lowest BCUT2D eigenvalue weighted by Crippen LogP contribution is -2.13. The fourth-order valence-electron chi connectivity index (χ4n) is 1.06. The van der Waals surface area contributed by atoms with Crippen LogP contribution < -0.4 is 5.69 Å². The van der Waals surface area contributed by atoms with Gasteiger partial charge in [-0.15, -0.1) is 10.2 Å². The Hall–Kier alpha value is -1.98. The number of aromatic amines is 1. The fraction of sp³-hybridized carbons (Fsp3) is 0.143. The first-order valence-corrected chi connectivity index (χ1v) is 3.68. The number of nitrogens with one attached hydrogen (secondary N) is 1. The van der Waals surface area contributed by atoms with E-state index in [-0.39, 0.29) is 5.69 Å². The van der Waals surface area contributed by atoms with Crippen LogP contribution in [0.15, 0.2) is 23.6 Å². The van der Waals surface area contributed by atoms with Gasteiger partial charge in [-0.1, -0.05) is 0 Å². The van der Waals surface area contributed by atoms with Crippen molar-refractivity contribution in [3.63, 3.8) is 0 Å². The molecule has 0 spiro atoms. The third-order valence-electron chi connectivity index (χ3n) is 1.68. The monoisotopic (exact) mass is 177 g/mol. The molecular formula is C7H7N5O. The van der Waals surface area contributed by atoms with E-state index >= 15 is 0 Å². The first-order valence-electron chi connectivity index (χ1n) is 3.68. The predicted octanol–water partition coefficient (Wildman–Crippen LogP) is -0.341. The smallest absolute Gasteiger partial charge is 0.308 e. The van der Waals surface area contributed by atoms with Crippen LogP contribution in [0.3, 0.4) is 0 Å². The lowest BCUT2D eigenvalue weighted by Gasteiger charge is -2.02. The van der Waals surface area contributed by atoms with E-state index in [1.807, 2.05) is 0 Å². The molecule has 1 N–H and O–H groups in total. The molecule has 0 fully saturated rings. The summed E-state index contributed by atoms with van der Waals surface area (Å²) in [4.78, 5) is 17.0. The maximum absolute atomic E-state index is 10.8. The molecule has 0 bridgehead atoms. The van der Waals surface area contributed by atoms with Crippen LogP contribution in [0.5, 0.6) is 0 Å². The van der Waals surface area contributed by atoms with E-state index in [2.05, 4.69) is 20.2 Å². The van der Waals surface area contributed by atoms with Crippen LogP contribution in [0.25, 0.3) is 5.69 Å². The number of hydrogen-bond donors (Lipinski definition) is 1. The van der Waals surface area contributed by atoms with Gasteiger partial charge in [0.15, 0.2) is 0 Å². The highest BCUT2D eigenvalue weighted by atomic mass is 16.1. The van der Waals surface area contributed by atoms with Crippen molar-refractivity contribution in [2.75, 3.05) is 0 Å². The molecule has 0 aromatic carbocycles. The lowest BCUT2D eigenvalue weighted by atomic mass is 10.4. The minimum absolute atomic E-state index is 0.352. The Labute approximate surface area is 73.3 Å². The predicted molar refractivity (Wildman–Crippen MR) is 44.5 cm³/mol. The summed E-state index contributed by atoms with van der Waals surface area (Å²) >= 11 is 0. The van der Waals surface area contributed by atoms with Crippen molar-refractivity contribution < 1.29 is 0 Å². The largest absolute Gasteiger partial charge is 0.345 e. The van der Waals surface area contributed by atoms with Crippen LogP contribution in [0.2, 0.25) is 0 Å². The van der Waals surface area contributed by atoms with Crippen molar-refractivity contribution in [1.82, 2.24) is 24.7 Å². The molecule has 0 saturated heterocycles. The van der Waals surface area contributed by atoms with E-state index in [0.29, 0.717) is 0 Å². The maximum Gasteiger partial charge on any atom is 0.345 e. The second-order valence-corrected chi connectivity index (χ2v) is 2.57. The topological polar surface area (TPSA) is 76.5 Å². The van der Waals surface area contributed by atoms with E-state index < -0.39 is 0 Å². The molecule has 0 unspecified atom stereocenters. The van der Waals surface area contributed by atoms with Gasteiger partial charge in [0.05, 0.1) is 11.9 Å². The van der Waals surface area contributed by atoms with Crippen molar-refractivity contribution in [2.45, 2.75) is 6.92 Å². The summed E-state index contributed by atoms with van der Waals surface area (Å²) in [5.41, 5.74) is 1.15. The second-order valence-electron chi connectivity index (χ2n) is 2.57. The van der Waals surface area contributed by atoms with E-state index in [4.69, 9.17) is 0 Å². The molecule has 0 saturated carbocycles. The van der Waals surface area contributed by atoms with Crippen LogP contribution >= 0.6 is 0 Å². The highest BCUT2D eigenvalue weighted by Crippen LogP contribution is 2.05. The molecule has 0 aliphatic heterocycles.